The summed E-state index contributed by atoms with van der Waals surface area (Å²) in [6, 6.07) is 0. The summed E-state index contributed by atoms with van der Waals surface area (Å²) in [7, 11) is 0. The van der Waals surface area contributed by atoms with Crippen LogP contribution in [0, 0.1) is 5.92 Å². The molecule has 0 aromatic carbocycles. The fraction of sp³-hybridized carbons (Fsp3) is 0.938. The molecule has 0 N–H and O–H groups in total. The van der Waals surface area contributed by atoms with Crippen LogP contribution in [0.5, 0.6) is 0 Å². The molecule has 1 aliphatic carbocycles. The summed E-state index contributed by atoms with van der Waals surface area (Å²) in [6.45, 7) is 0.932. The fourth-order valence-corrected chi connectivity index (χ4v) is 3.36. The molecule has 0 spiro atoms. The van der Waals surface area contributed by atoms with Crippen molar-refractivity contribution >= 4 is 5.78 Å². The topological polar surface area (TPSA) is 26.3 Å². The van der Waals surface area contributed by atoms with Gasteiger partial charge in [0.15, 0.2) is 0 Å². The van der Waals surface area contributed by atoms with Gasteiger partial charge < -0.3 is 4.74 Å². The molecule has 1 heterocycles. The Morgan fingerprint density at radius 1 is 0.944 bits per heavy atom. The van der Waals surface area contributed by atoms with Gasteiger partial charge in [-0.3, -0.25) is 4.79 Å². The van der Waals surface area contributed by atoms with Crippen molar-refractivity contribution in [2.75, 3.05) is 6.61 Å². The highest BCUT2D eigenvalue weighted by molar-refractivity contribution is 5.80. The second-order valence-electron chi connectivity index (χ2n) is 6.04. The van der Waals surface area contributed by atoms with Crippen LogP contribution < -0.4 is 0 Å². The third-order valence-corrected chi connectivity index (χ3v) is 4.53. The number of hydrogen-bond acceptors (Lipinski definition) is 2. The summed E-state index contributed by atoms with van der Waals surface area (Å²) in [5.74, 6) is 0.921. The summed E-state index contributed by atoms with van der Waals surface area (Å²) in [5.41, 5.74) is 0. The molecule has 1 unspecified atom stereocenters. The van der Waals surface area contributed by atoms with Gasteiger partial charge in [0.1, 0.15) is 5.78 Å². The maximum atomic E-state index is 12.2. The van der Waals surface area contributed by atoms with Crippen molar-refractivity contribution in [1.29, 1.82) is 0 Å². The highest BCUT2D eigenvalue weighted by atomic mass is 16.5. The molecule has 0 aromatic rings. The van der Waals surface area contributed by atoms with E-state index in [0.29, 0.717) is 17.8 Å². The molecule has 2 rings (SSSR count). The largest absolute Gasteiger partial charge is 0.378 e. The van der Waals surface area contributed by atoms with E-state index in [2.05, 4.69) is 0 Å². The van der Waals surface area contributed by atoms with Gasteiger partial charge in [0.05, 0.1) is 6.10 Å². The molecule has 2 heteroatoms. The van der Waals surface area contributed by atoms with E-state index in [1.54, 1.807) is 0 Å². The monoisotopic (exact) mass is 252 g/mol. The number of ketones is 1. The first kappa shape index (κ1) is 14.0. The average Bonchev–Trinajstić information content (AvgIpc) is 2.81. The molecule has 1 atom stereocenters. The Kier molecular flexibility index (Phi) is 6.19. The predicted molar refractivity (Wildman–Crippen MR) is 73.6 cm³/mol. The van der Waals surface area contributed by atoms with Crippen molar-refractivity contribution < 1.29 is 9.53 Å². The van der Waals surface area contributed by atoms with Crippen LogP contribution in [-0.4, -0.2) is 18.5 Å². The molecular formula is C16H28O2. The lowest BCUT2D eigenvalue weighted by Crippen LogP contribution is -2.16. The Bertz CT molecular complexity index is 235. The summed E-state index contributed by atoms with van der Waals surface area (Å²) in [5, 5.41) is 0. The number of ether oxygens (including phenoxy) is 1. The molecule has 1 saturated heterocycles. The zero-order chi connectivity index (χ0) is 12.6. The number of rotatable bonds is 5. The standard InChI is InChI=1S/C16H28O2/c17-16(12-6-10-15-11-7-13-18-15)14-8-4-2-1-3-5-9-14/h14-15H,1-13H2. The molecule has 2 aliphatic rings. The number of carbonyl (C=O) groups excluding carboxylic acids is 1. The second kappa shape index (κ2) is 7.93. The van der Waals surface area contributed by atoms with Gasteiger partial charge in [0.25, 0.3) is 0 Å². The minimum absolute atomic E-state index is 0.384. The summed E-state index contributed by atoms with van der Waals surface area (Å²) in [6.07, 6.45) is 14.7. The third kappa shape index (κ3) is 4.72. The van der Waals surface area contributed by atoms with E-state index in [4.69, 9.17) is 4.74 Å². The van der Waals surface area contributed by atoms with Crippen LogP contribution in [0.1, 0.15) is 77.0 Å². The lowest BCUT2D eigenvalue weighted by molar-refractivity contribution is -0.123. The fourth-order valence-electron chi connectivity index (χ4n) is 3.36. The summed E-state index contributed by atoms with van der Waals surface area (Å²) in [4.78, 5) is 12.2. The molecule has 0 aromatic heterocycles. The number of Topliss-reactive ketones (excluding diaryl/α,β-unsaturated/α-hetero) is 1. The van der Waals surface area contributed by atoms with Gasteiger partial charge in [-0.05, 0) is 38.5 Å². The molecule has 0 radical (unpaired) electrons. The van der Waals surface area contributed by atoms with Gasteiger partial charge in [0, 0.05) is 18.9 Å². The van der Waals surface area contributed by atoms with Gasteiger partial charge in [0.2, 0.25) is 0 Å². The maximum Gasteiger partial charge on any atom is 0.135 e. The number of carbonyl (C=O) groups is 1. The quantitative estimate of drug-likeness (QED) is 0.730. The van der Waals surface area contributed by atoms with E-state index < -0.39 is 0 Å². The smallest absolute Gasteiger partial charge is 0.135 e. The van der Waals surface area contributed by atoms with Gasteiger partial charge in [-0.15, -0.1) is 0 Å². The van der Waals surface area contributed by atoms with Crippen LogP contribution in [0.2, 0.25) is 0 Å². The highest BCUT2D eigenvalue weighted by Gasteiger charge is 2.20. The predicted octanol–water partition coefficient (Wildman–Crippen LogP) is 4.27. The highest BCUT2D eigenvalue weighted by Crippen LogP contribution is 2.25. The molecule has 2 fully saturated rings. The summed E-state index contributed by atoms with van der Waals surface area (Å²) < 4.78 is 5.61. The lowest BCUT2D eigenvalue weighted by atomic mass is 9.86. The van der Waals surface area contributed by atoms with Crippen LogP contribution >= 0.6 is 0 Å². The van der Waals surface area contributed by atoms with Crippen LogP contribution in [0.3, 0.4) is 0 Å². The van der Waals surface area contributed by atoms with Gasteiger partial charge in [-0.1, -0.05) is 32.1 Å². The van der Waals surface area contributed by atoms with Crippen LogP contribution in [0.25, 0.3) is 0 Å². The maximum absolute atomic E-state index is 12.2. The van der Waals surface area contributed by atoms with E-state index in [0.717, 1.165) is 38.7 Å². The van der Waals surface area contributed by atoms with E-state index in [1.807, 2.05) is 0 Å². The zero-order valence-electron chi connectivity index (χ0n) is 11.7. The molecule has 1 saturated carbocycles. The Morgan fingerprint density at radius 3 is 2.33 bits per heavy atom. The zero-order valence-corrected chi connectivity index (χ0v) is 11.7. The summed E-state index contributed by atoms with van der Waals surface area (Å²) >= 11 is 0. The Labute approximate surface area is 111 Å². The Balaban J connectivity index is 1.62. The van der Waals surface area contributed by atoms with Crippen molar-refractivity contribution in [3.05, 3.63) is 0 Å². The molecule has 0 amide bonds. The van der Waals surface area contributed by atoms with Crippen molar-refractivity contribution in [1.82, 2.24) is 0 Å². The van der Waals surface area contributed by atoms with E-state index in [9.17, 15) is 4.79 Å². The molecule has 104 valence electrons. The van der Waals surface area contributed by atoms with Crippen LogP contribution in [0.15, 0.2) is 0 Å². The van der Waals surface area contributed by atoms with Crippen LogP contribution in [-0.2, 0) is 9.53 Å². The number of hydrogen-bond donors (Lipinski definition) is 0. The van der Waals surface area contributed by atoms with Gasteiger partial charge in [-0.2, -0.15) is 0 Å². The van der Waals surface area contributed by atoms with Gasteiger partial charge >= 0.3 is 0 Å². The van der Waals surface area contributed by atoms with Crippen molar-refractivity contribution in [2.45, 2.75) is 83.2 Å². The van der Waals surface area contributed by atoms with E-state index in [-0.39, 0.29) is 0 Å². The minimum Gasteiger partial charge on any atom is -0.378 e. The minimum atomic E-state index is 0.384. The second-order valence-corrected chi connectivity index (χ2v) is 6.04. The molecule has 1 aliphatic heterocycles. The molecule has 18 heavy (non-hydrogen) atoms. The van der Waals surface area contributed by atoms with Crippen molar-refractivity contribution in [2.24, 2.45) is 5.92 Å². The van der Waals surface area contributed by atoms with E-state index in [1.165, 1.54) is 44.9 Å². The molecule has 0 bridgehead atoms. The van der Waals surface area contributed by atoms with Gasteiger partial charge in [-0.25, -0.2) is 0 Å². The third-order valence-electron chi connectivity index (χ3n) is 4.53. The Morgan fingerprint density at radius 2 is 1.67 bits per heavy atom. The normalized spacial score (nSPS) is 26.8. The first-order chi connectivity index (χ1) is 8.86. The molecule has 2 nitrogen and oxygen atoms in total. The first-order valence-electron chi connectivity index (χ1n) is 8.00. The average molecular weight is 252 g/mol. The SMILES string of the molecule is O=C(CCCC1CCCO1)C1CCCCCCC1. The Hall–Kier alpha value is -0.370. The van der Waals surface area contributed by atoms with Crippen molar-refractivity contribution in [3.63, 3.8) is 0 Å². The molecular weight excluding hydrogens is 224 g/mol. The van der Waals surface area contributed by atoms with Crippen molar-refractivity contribution in [3.8, 4) is 0 Å². The van der Waals surface area contributed by atoms with Crippen LogP contribution in [0.4, 0.5) is 0 Å². The first-order valence-corrected chi connectivity index (χ1v) is 8.00. The van der Waals surface area contributed by atoms with E-state index >= 15 is 0 Å². The lowest BCUT2D eigenvalue weighted by Gasteiger charge is -2.18.